The van der Waals surface area contributed by atoms with Crippen LogP contribution in [0.3, 0.4) is 0 Å². The molecule has 0 spiro atoms. The van der Waals surface area contributed by atoms with Gasteiger partial charge in [0.05, 0.1) is 22.9 Å². The van der Waals surface area contributed by atoms with E-state index in [1.807, 2.05) is 0 Å². The smallest absolute Gasteiger partial charge is 0.259 e. The fraction of sp³-hybridized carbons (Fsp3) is 0.174. The first-order chi connectivity index (χ1) is 16.9. The second kappa shape index (κ2) is 12.1. The number of amides is 1. The van der Waals surface area contributed by atoms with Gasteiger partial charge in [0.2, 0.25) is 0 Å². The van der Waals surface area contributed by atoms with Gasteiger partial charge < -0.3 is 21.1 Å². The summed E-state index contributed by atoms with van der Waals surface area (Å²) in [5.41, 5.74) is 5.79. The van der Waals surface area contributed by atoms with Crippen LogP contribution in [-0.2, 0) is 4.79 Å². The van der Waals surface area contributed by atoms with E-state index in [0.717, 1.165) is 5.01 Å². The van der Waals surface area contributed by atoms with E-state index in [2.05, 4.69) is 20.7 Å². The zero-order valence-electron chi connectivity index (χ0n) is 18.5. The van der Waals surface area contributed by atoms with Crippen LogP contribution in [0.1, 0.15) is 16.8 Å². The number of ether oxygens (including phenoxy) is 1. The molecule has 0 fully saturated rings. The maximum Gasteiger partial charge on any atom is 0.259 e. The van der Waals surface area contributed by atoms with E-state index in [4.69, 9.17) is 33.7 Å². The molecule has 182 valence electrons. The standard InChI is InChI=1S/C23H21Cl2FN6O3/c1-28-16-10-18(26)22(20(11-16)35-8-2-7-27)32(30-13-33)19-5-3-14(24)9-17(19)23(34)31-21-6-4-15(25)12-29-21/h3-6,9-12,28H,2,7-8,27H2,1H3,(H,29,31,34). The zero-order valence-corrected chi connectivity index (χ0v) is 20.0. The van der Waals surface area contributed by atoms with Gasteiger partial charge in [0.15, 0.2) is 5.82 Å². The lowest BCUT2D eigenvalue weighted by Crippen LogP contribution is -2.20. The summed E-state index contributed by atoms with van der Waals surface area (Å²) < 4.78 is 21.1. The summed E-state index contributed by atoms with van der Waals surface area (Å²) in [6.07, 6.45) is 3.27. The molecular weight excluding hydrogens is 498 g/mol. The molecule has 0 unspecified atom stereocenters. The molecule has 0 atom stereocenters. The molecule has 0 aliphatic carbocycles. The molecule has 3 rings (SSSR count). The van der Waals surface area contributed by atoms with E-state index in [-0.39, 0.29) is 40.1 Å². The minimum atomic E-state index is -0.765. The number of carbonyl (C=O) groups is 1. The maximum absolute atomic E-state index is 15.3. The van der Waals surface area contributed by atoms with Crippen LogP contribution in [0, 0.1) is 5.82 Å². The molecular formula is C23H21Cl2FN6O3. The van der Waals surface area contributed by atoms with Gasteiger partial charge in [-0.1, -0.05) is 28.3 Å². The molecule has 1 aromatic heterocycles. The number of isocyanates is 1. The average molecular weight is 519 g/mol. The number of halogens is 3. The summed E-state index contributed by atoms with van der Waals surface area (Å²) in [5, 5.41) is 10.7. The Hall–Kier alpha value is -3.69. The normalized spacial score (nSPS) is 10.3. The van der Waals surface area contributed by atoms with Gasteiger partial charge in [-0.05, 0) is 49.4 Å². The molecule has 0 aliphatic heterocycles. The van der Waals surface area contributed by atoms with Gasteiger partial charge >= 0.3 is 0 Å². The van der Waals surface area contributed by atoms with Crippen LogP contribution in [0.15, 0.2) is 53.8 Å². The van der Waals surface area contributed by atoms with Crippen molar-refractivity contribution in [2.75, 3.05) is 35.8 Å². The lowest BCUT2D eigenvalue weighted by atomic mass is 10.1. The van der Waals surface area contributed by atoms with Gasteiger partial charge in [0.25, 0.3) is 12.0 Å². The van der Waals surface area contributed by atoms with Gasteiger partial charge in [0, 0.05) is 30.0 Å². The molecule has 0 bridgehead atoms. The van der Waals surface area contributed by atoms with E-state index < -0.39 is 11.7 Å². The molecule has 35 heavy (non-hydrogen) atoms. The Morgan fingerprint density at radius 1 is 1.23 bits per heavy atom. The summed E-state index contributed by atoms with van der Waals surface area (Å²) in [6.45, 7) is 0.547. The Labute approximate surface area is 210 Å². The Balaban J connectivity index is 2.12. The second-order valence-electron chi connectivity index (χ2n) is 7.03. The van der Waals surface area contributed by atoms with E-state index in [1.165, 1.54) is 48.7 Å². The van der Waals surface area contributed by atoms with Crippen LogP contribution < -0.4 is 26.1 Å². The number of rotatable bonds is 10. The van der Waals surface area contributed by atoms with E-state index >= 15 is 4.39 Å². The fourth-order valence-corrected chi connectivity index (χ4v) is 3.36. The summed E-state index contributed by atoms with van der Waals surface area (Å²) in [4.78, 5) is 28.5. The topological polar surface area (TPSA) is 122 Å². The summed E-state index contributed by atoms with van der Waals surface area (Å²) >= 11 is 12.0. The van der Waals surface area contributed by atoms with E-state index in [9.17, 15) is 9.59 Å². The first-order valence-corrected chi connectivity index (χ1v) is 11.1. The molecule has 0 saturated heterocycles. The molecule has 12 heteroatoms. The maximum atomic E-state index is 15.3. The Bertz CT molecular complexity index is 1250. The third kappa shape index (κ3) is 6.46. The number of anilines is 4. The number of hydrogen-bond donors (Lipinski definition) is 3. The molecule has 0 aliphatic rings. The summed E-state index contributed by atoms with van der Waals surface area (Å²) in [5.74, 6) is -1.12. The molecule has 0 saturated carbocycles. The van der Waals surface area contributed by atoms with Gasteiger partial charge in [-0.15, -0.1) is 0 Å². The lowest BCUT2D eigenvalue weighted by Gasteiger charge is -2.24. The van der Waals surface area contributed by atoms with Crippen LogP contribution in [0.25, 0.3) is 0 Å². The number of benzene rings is 2. The minimum absolute atomic E-state index is 0.0155. The number of pyridine rings is 1. The first kappa shape index (κ1) is 25.9. The van der Waals surface area contributed by atoms with Crippen molar-refractivity contribution < 1.29 is 18.7 Å². The predicted molar refractivity (Wildman–Crippen MR) is 134 cm³/mol. The fourth-order valence-electron chi connectivity index (χ4n) is 3.07. The largest absolute Gasteiger partial charge is 0.491 e. The Morgan fingerprint density at radius 2 is 2.00 bits per heavy atom. The molecule has 3 aromatic rings. The minimum Gasteiger partial charge on any atom is -0.491 e. The highest BCUT2D eigenvalue weighted by atomic mass is 35.5. The first-order valence-electron chi connectivity index (χ1n) is 10.3. The van der Waals surface area contributed by atoms with Gasteiger partial charge in [0.1, 0.15) is 17.3 Å². The monoisotopic (exact) mass is 518 g/mol. The Morgan fingerprint density at radius 3 is 2.66 bits per heavy atom. The van der Waals surface area contributed by atoms with Crippen molar-refractivity contribution in [3.05, 3.63) is 70.1 Å². The van der Waals surface area contributed by atoms with Crippen LogP contribution in [-0.4, -0.2) is 37.2 Å². The van der Waals surface area contributed by atoms with Crippen molar-refractivity contribution >= 4 is 58.1 Å². The van der Waals surface area contributed by atoms with Gasteiger partial charge in [-0.3, -0.25) is 4.79 Å². The number of hydrazone groups is 1. The zero-order chi connectivity index (χ0) is 25.4. The highest BCUT2D eigenvalue weighted by Crippen LogP contribution is 2.41. The highest BCUT2D eigenvalue weighted by molar-refractivity contribution is 6.31. The van der Waals surface area contributed by atoms with Crippen molar-refractivity contribution in [2.24, 2.45) is 10.8 Å². The Kier molecular flexibility index (Phi) is 8.99. The molecule has 9 nitrogen and oxygen atoms in total. The molecule has 1 amide bonds. The van der Waals surface area contributed by atoms with Gasteiger partial charge in [-0.25, -0.2) is 19.2 Å². The summed E-state index contributed by atoms with van der Waals surface area (Å²) in [7, 11) is 1.62. The summed E-state index contributed by atoms with van der Waals surface area (Å²) in [6, 6.07) is 10.0. The van der Waals surface area contributed by atoms with Crippen LogP contribution in [0.4, 0.5) is 27.3 Å². The lowest BCUT2D eigenvalue weighted by molar-refractivity contribution is 0.102. The number of nitrogens with one attached hydrogen (secondary N) is 2. The van der Waals surface area contributed by atoms with Crippen LogP contribution in [0.5, 0.6) is 5.75 Å². The van der Waals surface area contributed by atoms with E-state index in [1.54, 1.807) is 13.1 Å². The SMILES string of the molecule is CNc1cc(F)c(N(N=C=O)c2ccc(Cl)cc2C(=O)Nc2ccc(Cl)cn2)c(OCCCN)c1. The van der Waals surface area contributed by atoms with E-state index in [0.29, 0.717) is 23.7 Å². The van der Waals surface area contributed by atoms with Gasteiger partial charge in [-0.2, -0.15) is 0 Å². The predicted octanol–water partition coefficient (Wildman–Crippen LogP) is 4.94. The average Bonchev–Trinajstić information content (AvgIpc) is 2.84. The van der Waals surface area contributed by atoms with Crippen molar-refractivity contribution in [2.45, 2.75) is 6.42 Å². The van der Waals surface area contributed by atoms with Crippen molar-refractivity contribution in [3.8, 4) is 5.75 Å². The highest BCUT2D eigenvalue weighted by Gasteiger charge is 2.25. The van der Waals surface area contributed by atoms with Crippen LogP contribution in [0.2, 0.25) is 10.0 Å². The third-order valence-corrected chi connectivity index (χ3v) is 5.13. The van der Waals surface area contributed by atoms with Crippen LogP contribution >= 0.6 is 23.2 Å². The number of hydrogen-bond acceptors (Lipinski definition) is 8. The van der Waals surface area contributed by atoms with Crippen molar-refractivity contribution in [3.63, 3.8) is 0 Å². The third-order valence-electron chi connectivity index (χ3n) is 4.68. The number of carbonyl (C=O) groups excluding carboxylic acids is 2. The number of nitrogens with zero attached hydrogens (tertiary/aromatic N) is 3. The molecule has 4 N–H and O–H groups in total. The second-order valence-corrected chi connectivity index (χ2v) is 7.90. The quantitative estimate of drug-likeness (QED) is 0.150. The molecule has 1 heterocycles. The molecule has 0 radical (unpaired) electrons. The molecule has 2 aromatic carbocycles. The van der Waals surface area contributed by atoms with Crippen molar-refractivity contribution in [1.29, 1.82) is 0 Å². The number of nitrogens with two attached hydrogens (primary N) is 1. The van der Waals surface area contributed by atoms with Crippen molar-refractivity contribution in [1.82, 2.24) is 4.98 Å². The number of aromatic nitrogens is 1.